The van der Waals surface area contributed by atoms with Gasteiger partial charge in [0.2, 0.25) is 0 Å². The molecule has 0 spiro atoms. The van der Waals surface area contributed by atoms with Crippen molar-refractivity contribution in [2.24, 2.45) is 5.92 Å². The number of fused-ring (bicyclic) bond motifs is 1. The lowest BCUT2D eigenvalue weighted by Gasteiger charge is -2.21. The van der Waals surface area contributed by atoms with Crippen molar-refractivity contribution < 1.29 is 4.79 Å². The Morgan fingerprint density at radius 1 is 1.32 bits per heavy atom. The molecule has 0 radical (unpaired) electrons. The van der Waals surface area contributed by atoms with Crippen LogP contribution in [-0.4, -0.2) is 28.9 Å². The van der Waals surface area contributed by atoms with Crippen LogP contribution in [0.2, 0.25) is 0 Å². The number of amides is 1. The third kappa shape index (κ3) is 2.78. The maximum absolute atomic E-state index is 12.2. The van der Waals surface area contributed by atoms with Crippen LogP contribution < -0.4 is 5.32 Å². The lowest BCUT2D eigenvalue weighted by atomic mass is 10.0. The van der Waals surface area contributed by atoms with Gasteiger partial charge in [-0.3, -0.25) is 4.79 Å². The van der Waals surface area contributed by atoms with Crippen molar-refractivity contribution in [2.45, 2.75) is 12.8 Å². The number of benzene rings is 1. The molecule has 0 bridgehead atoms. The molecular formula is C15H18N2OS. The van der Waals surface area contributed by atoms with Crippen molar-refractivity contribution in [1.82, 2.24) is 10.3 Å². The normalized spacial score (nSPS) is 16.6. The number of thioether (sulfide) groups is 1. The van der Waals surface area contributed by atoms with Gasteiger partial charge in [-0.25, -0.2) is 0 Å². The molecule has 4 heteroatoms. The average molecular weight is 274 g/mol. The molecule has 19 heavy (non-hydrogen) atoms. The molecule has 0 unspecified atom stereocenters. The zero-order chi connectivity index (χ0) is 13.1. The monoisotopic (exact) mass is 274 g/mol. The SMILES string of the molecule is O=C(NCC1CCSCC1)c1c[nH]c2ccccc12. The molecule has 3 nitrogen and oxygen atoms in total. The Labute approximate surface area is 117 Å². The second kappa shape index (κ2) is 5.70. The third-order valence-electron chi connectivity index (χ3n) is 3.73. The first-order valence-corrected chi connectivity index (χ1v) is 7.92. The first kappa shape index (κ1) is 12.6. The molecule has 3 rings (SSSR count). The fourth-order valence-electron chi connectivity index (χ4n) is 2.54. The number of H-pyrrole nitrogens is 1. The zero-order valence-corrected chi connectivity index (χ0v) is 11.6. The molecule has 100 valence electrons. The van der Waals surface area contributed by atoms with E-state index in [-0.39, 0.29) is 5.91 Å². The molecule has 2 N–H and O–H groups in total. The van der Waals surface area contributed by atoms with Gasteiger partial charge in [0.05, 0.1) is 5.56 Å². The van der Waals surface area contributed by atoms with Gasteiger partial charge in [-0.15, -0.1) is 0 Å². The minimum atomic E-state index is 0.0377. The van der Waals surface area contributed by atoms with Gasteiger partial charge in [-0.1, -0.05) is 18.2 Å². The Balaban J connectivity index is 1.66. The molecule has 2 aromatic rings. The van der Waals surface area contributed by atoms with Crippen LogP contribution in [0.25, 0.3) is 10.9 Å². The number of aromatic nitrogens is 1. The predicted octanol–water partition coefficient (Wildman–Crippen LogP) is 3.04. The van der Waals surface area contributed by atoms with E-state index in [1.807, 2.05) is 36.0 Å². The van der Waals surface area contributed by atoms with Crippen molar-refractivity contribution in [3.8, 4) is 0 Å². The maximum atomic E-state index is 12.2. The van der Waals surface area contributed by atoms with Gasteiger partial charge in [0, 0.05) is 23.6 Å². The van der Waals surface area contributed by atoms with E-state index in [2.05, 4.69) is 10.3 Å². The molecule has 1 fully saturated rings. The lowest BCUT2D eigenvalue weighted by Crippen LogP contribution is -2.30. The first-order chi connectivity index (χ1) is 9.34. The van der Waals surface area contributed by atoms with Crippen LogP contribution >= 0.6 is 11.8 Å². The van der Waals surface area contributed by atoms with E-state index in [4.69, 9.17) is 0 Å². The van der Waals surface area contributed by atoms with E-state index in [1.54, 1.807) is 6.20 Å². The summed E-state index contributed by atoms with van der Waals surface area (Å²) in [6.45, 7) is 0.804. The Morgan fingerprint density at radius 2 is 2.11 bits per heavy atom. The number of carbonyl (C=O) groups is 1. The van der Waals surface area contributed by atoms with Crippen molar-refractivity contribution in [2.75, 3.05) is 18.1 Å². The topological polar surface area (TPSA) is 44.9 Å². The van der Waals surface area contributed by atoms with Crippen LogP contribution in [0.1, 0.15) is 23.2 Å². The van der Waals surface area contributed by atoms with Gasteiger partial charge < -0.3 is 10.3 Å². The Morgan fingerprint density at radius 3 is 2.95 bits per heavy atom. The fourth-order valence-corrected chi connectivity index (χ4v) is 3.75. The van der Waals surface area contributed by atoms with Crippen molar-refractivity contribution >= 4 is 28.6 Å². The van der Waals surface area contributed by atoms with Crippen LogP contribution in [0.15, 0.2) is 30.5 Å². The largest absolute Gasteiger partial charge is 0.360 e. The van der Waals surface area contributed by atoms with Crippen molar-refractivity contribution in [3.63, 3.8) is 0 Å². The molecule has 2 heterocycles. The Bertz CT molecular complexity index is 572. The van der Waals surface area contributed by atoms with Crippen LogP contribution in [0.4, 0.5) is 0 Å². The minimum absolute atomic E-state index is 0.0377. The minimum Gasteiger partial charge on any atom is -0.360 e. The highest BCUT2D eigenvalue weighted by atomic mass is 32.2. The third-order valence-corrected chi connectivity index (χ3v) is 4.77. The number of carbonyl (C=O) groups excluding carboxylic acids is 1. The van der Waals surface area contributed by atoms with Gasteiger partial charge in [0.15, 0.2) is 0 Å². The number of nitrogens with one attached hydrogen (secondary N) is 2. The second-order valence-corrected chi connectivity index (χ2v) is 6.24. The molecule has 0 aliphatic carbocycles. The summed E-state index contributed by atoms with van der Waals surface area (Å²) in [4.78, 5) is 15.4. The van der Waals surface area contributed by atoms with E-state index < -0.39 is 0 Å². The Kier molecular flexibility index (Phi) is 3.78. The molecule has 1 aromatic carbocycles. The molecule has 1 amide bonds. The standard InChI is InChI=1S/C15H18N2OS/c18-15(17-9-11-5-7-19-8-6-11)13-10-16-14-4-2-1-3-12(13)14/h1-4,10-11,16H,5-9H2,(H,17,18). The first-order valence-electron chi connectivity index (χ1n) is 6.76. The summed E-state index contributed by atoms with van der Waals surface area (Å²) >= 11 is 2.01. The molecule has 0 saturated carbocycles. The lowest BCUT2D eigenvalue weighted by molar-refractivity contribution is 0.0948. The highest BCUT2D eigenvalue weighted by molar-refractivity contribution is 7.99. The quantitative estimate of drug-likeness (QED) is 0.903. The van der Waals surface area contributed by atoms with E-state index in [0.717, 1.165) is 23.0 Å². The van der Waals surface area contributed by atoms with E-state index in [9.17, 15) is 4.79 Å². The summed E-state index contributed by atoms with van der Waals surface area (Å²) in [6, 6.07) is 7.91. The maximum Gasteiger partial charge on any atom is 0.253 e. The number of hydrogen-bond donors (Lipinski definition) is 2. The van der Waals surface area contributed by atoms with E-state index in [0.29, 0.717) is 5.92 Å². The smallest absolute Gasteiger partial charge is 0.253 e. The zero-order valence-electron chi connectivity index (χ0n) is 10.8. The summed E-state index contributed by atoms with van der Waals surface area (Å²) in [5.74, 6) is 3.15. The highest BCUT2D eigenvalue weighted by Gasteiger charge is 2.16. The summed E-state index contributed by atoms with van der Waals surface area (Å²) in [7, 11) is 0. The van der Waals surface area contributed by atoms with Crippen molar-refractivity contribution in [3.05, 3.63) is 36.0 Å². The number of aromatic amines is 1. The molecular weight excluding hydrogens is 256 g/mol. The van der Waals surface area contributed by atoms with Gasteiger partial charge in [-0.05, 0) is 36.3 Å². The predicted molar refractivity (Wildman–Crippen MR) is 80.7 cm³/mol. The van der Waals surface area contributed by atoms with Crippen LogP contribution in [0, 0.1) is 5.92 Å². The molecule has 1 saturated heterocycles. The van der Waals surface area contributed by atoms with Crippen LogP contribution in [0.5, 0.6) is 0 Å². The van der Waals surface area contributed by atoms with E-state index in [1.165, 1.54) is 24.3 Å². The summed E-state index contributed by atoms with van der Waals surface area (Å²) in [6.07, 6.45) is 4.24. The molecule has 1 aromatic heterocycles. The summed E-state index contributed by atoms with van der Waals surface area (Å²) in [5.41, 5.74) is 1.77. The van der Waals surface area contributed by atoms with Gasteiger partial charge in [0.1, 0.15) is 0 Å². The summed E-state index contributed by atoms with van der Waals surface area (Å²) in [5, 5.41) is 4.08. The molecule has 1 aliphatic heterocycles. The van der Waals surface area contributed by atoms with Gasteiger partial charge in [0.25, 0.3) is 5.91 Å². The number of para-hydroxylation sites is 1. The second-order valence-electron chi connectivity index (χ2n) is 5.01. The molecule has 0 atom stereocenters. The van der Waals surface area contributed by atoms with Crippen molar-refractivity contribution in [1.29, 1.82) is 0 Å². The highest BCUT2D eigenvalue weighted by Crippen LogP contribution is 2.22. The van der Waals surface area contributed by atoms with Gasteiger partial charge in [-0.2, -0.15) is 11.8 Å². The van der Waals surface area contributed by atoms with Gasteiger partial charge >= 0.3 is 0 Å². The summed E-state index contributed by atoms with van der Waals surface area (Å²) < 4.78 is 0. The number of rotatable bonds is 3. The number of hydrogen-bond acceptors (Lipinski definition) is 2. The fraction of sp³-hybridized carbons (Fsp3) is 0.400. The average Bonchev–Trinajstić information content (AvgIpc) is 2.90. The molecule has 1 aliphatic rings. The van der Waals surface area contributed by atoms with Crippen LogP contribution in [0.3, 0.4) is 0 Å². The van der Waals surface area contributed by atoms with E-state index >= 15 is 0 Å². The Hall–Kier alpha value is -1.42. The van der Waals surface area contributed by atoms with Crippen LogP contribution in [-0.2, 0) is 0 Å².